The first-order valence-electron chi connectivity index (χ1n) is 9.15. The fourth-order valence-corrected chi connectivity index (χ4v) is 4.04. The molecule has 1 amide bonds. The van der Waals surface area contributed by atoms with Gasteiger partial charge in [-0.2, -0.15) is 0 Å². The molecular weight excluding hydrogens is 386 g/mol. The number of para-hydroxylation sites is 1. The number of amides is 1. The van der Waals surface area contributed by atoms with Gasteiger partial charge in [0.25, 0.3) is 15.9 Å². The highest BCUT2D eigenvalue weighted by molar-refractivity contribution is 7.92. The van der Waals surface area contributed by atoms with Crippen molar-refractivity contribution < 1.29 is 13.2 Å². The van der Waals surface area contributed by atoms with E-state index in [-0.39, 0.29) is 16.8 Å². The Kier molecular flexibility index (Phi) is 5.98. The van der Waals surface area contributed by atoms with E-state index in [2.05, 4.69) is 9.71 Å². The number of hydrogen-bond donors (Lipinski definition) is 1. The summed E-state index contributed by atoms with van der Waals surface area (Å²) in [6.07, 6.45) is 3.37. The second kappa shape index (κ2) is 8.45. The molecule has 0 fully saturated rings. The zero-order chi connectivity index (χ0) is 21.0. The van der Waals surface area contributed by atoms with Crippen molar-refractivity contribution in [1.29, 1.82) is 0 Å². The molecule has 0 spiro atoms. The highest BCUT2D eigenvalue weighted by Gasteiger charge is 2.20. The summed E-state index contributed by atoms with van der Waals surface area (Å²) >= 11 is 0. The molecule has 0 aliphatic rings. The molecule has 0 saturated heterocycles. The summed E-state index contributed by atoms with van der Waals surface area (Å²) in [5.41, 5.74) is 2.74. The predicted octanol–water partition coefficient (Wildman–Crippen LogP) is 4.02. The maximum Gasteiger partial charge on any atom is 0.261 e. The molecule has 1 N–H and O–H groups in total. The molecule has 7 heteroatoms. The van der Waals surface area contributed by atoms with Gasteiger partial charge in [0, 0.05) is 25.0 Å². The van der Waals surface area contributed by atoms with Gasteiger partial charge in [-0.1, -0.05) is 18.2 Å². The summed E-state index contributed by atoms with van der Waals surface area (Å²) in [7, 11) is -2.02. The van der Waals surface area contributed by atoms with Crippen LogP contribution in [0.3, 0.4) is 0 Å². The molecule has 3 aromatic rings. The Bertz CT molecular complexity index is 1100. The fraction of sp³-hybridized carbons (Fsp3) is 0.182. The third-order valence-electron chi connectivity index (χ3n) is 4.89. The van der Waals surface area contributed by atoms with Crippen molar-refractivity contribution in [2.45, 2.75) is 24.8 Å². The number of sulfonamides is 1. The van der Waals surface area contributed by atoms with Crippen LogP contribution < -0.4 is 4.72 Å². The maximum atomic E-state index is 12.8. The number of hydrogen-bond acceptors (Lipinski definition) is 4. The van der Waals surface area contributed by atoms with E-state index in [0.717, 1.165) is 11.1 Å². The topological polar surface area (TPSA) is 79.4 Å². The van der Waals surface area contributed by atoms with Crippen molar-refractivity contribution in [3.05, 3.63) is 89.7 Å². The fourth-order valence-electron chi connectivity index (χ4n) is 2.91. The van der Waals surface area contributed by atoms with Crippen LogP contribution in [0.5, 0.6) is 0 Å². The average Bonchev–Trinajstić information content (AvgIpc) is 2.74. The van der Waals surface area contributed by atoms with Gasteiger partial charge in [0.1, 0.15) is 0 Å². The van der Waals surface area contributed by atoms with E-state index in [1.54, 1.807) is 36.5 Å². The van der Waals surface area contributed by atoms with E-state index in [9.17, 15) is 13.2 Å². The normalized spacial score (nSPS) is 12.2. The zero-order valence-corrected chi connectivity index (χ0v) is 17.3. The van der Waals surface area contributed by atoms with Crippen LogP contribution >= 0.6 is 0 Å². The molecule has 0 radical (unpaired) electrons. The van der Waals surface area contributed by atoms with Gasteiger partial charge >= 0.3 is 0 Å². The van der Waals surface area contributed by atoms with Gasteiger partial charge in [0.15, 0.2) is 0 Å². The maximum absolute atomic E-state index is 12.8. The van der Waals surface area contributed by atoms with Crippen LogP contribution in [0.2, 0.25) is 0 Å². The Labute approximate surface area is 171 Å². The number of nitrogens with one attached hydrogen (secondary N) is 1. The molecule has 3 rings (SSSR count). The minimum absolute atomic E-state index is 0.0992. The molecule has 6 nitrogen and oxygen atoms in total. The van der Waals surface area contributed by atoms with Crippen LogP contribution in [-0.4, -0.2) is 31.3 Å². The summed E-state index contributed by atoms with van der Waals surface area (Å²) in [6.45, 7) is 3.76. The molecule has 1 heterocycles. The molecule has 0 aliphatic carbocycles. The lowest BCUT2D eigenvalue weighted by Gasteiger charge is -2.25. The summed E-state index contributed by atoms with van der Waals surface area (Å²) in [6, 6.07) is 16.7. The van der Waals surface area contributed by atoms with Crippen molar-refractivity contribution in [3.8, 4) is 0 Å². The highest BCUT2D eigenvalue weighted by Crippen LogP contribution is 2.22. The van der Waals surface area contributed by atoms with E-state index in [1.807, 2.05) is 38.1 Å². The number of aryl methyl sites for hydroxylation is 1. The minimum Gasteiger partial charge on any atom is -0.335 e. The molecular formula is C22H23N3O3S. The number of carbonyl (C=O) groups excluding carboxylic acids is 1. The van der Waals surface area contributed by atoms with Crippen LogP contribution in [0.4, 0.5) is 5.69 Å². The quantitative estimate of drug-likeness (QED) is 0.667. The number of aromatic nitrogens is 1. The van der Waals surface area contributed by atoms with Crippen molar-refractivity contribution in [3.63, 3.8) is 0 Å². The van der Waals surface area contributed by atoms with Crippen molar-refractivity contribution in [1.82, 2.24) is 9.88 Å². The van der Waals surface area contributed by atoms with Crippen LogP contribution in [0.25, 0.3) is 0 Å². The first-order chi connectivity index (χ1) is 13.8. The predicted molar refractivity (Wildman–Crippen MR) is 113 cm³/mol. The molecule has 0 aliphatic heterocycles. The van der Waals surface area contributed by atoms with Crippen molar-refractivity contribution in [2.24, 2.45) is 0 Å². The number of carbonyl (C=O) groups is 1. The lowest BCUT2D eigenvalue weighted by molar-refractivity contribution is 0.0742. The second-order valence-corrected chi connectivity index (χ2v) is 8.50. The summed E-state index contributed by atoms with van der Waals surface area (Å²) in [4.78, 5) is 18.5. The third-order valence-corrected chi connectivity index (χ3v) is 6.27. The number of pyridine rings is 1. The van der Waals surface area contributed by atoms with Crippen LogP contribution in [0, 0.1) is 6.92 Å². The van der Waals surface area contributed by atoms with E-state index in [4.69, 9.17) is 0 Å². The lowest BCUT2D eigenvalue weighted by atomic mass is 10.1. The smallest absolute Gasteiger partial charge is 0.261 e. The van der Waals surface area contributed by atoms with Gasteiger partial charge in [-0.3, -0.25) is 14.5 Å². The number of benzene rings is 2. The molecule has 1 aromatic heterocycles. The zero-order valence-electron chi connectivity index (χ0n) is 16.5. The van der Waals surface area contributed by atoms with Gasteiger partial charge in [-0.25, -0.2) is 8.42 Å². The average molecular weight is 410 g/mol. The number of rotatable bonds is 6. The largest absolute Gasteiger partial charge is 0.335 e. The van der Waals surface area contributed by atoms with E-state index in [1.165, 1.54) is 24.3 Å². The first-order valence-corrected chi connectivity index (χ1v) is 10.6. The molecule has 0 saturated carbocycles. The molecule has 150 valence electrons. The molecule has 29 heavy (non-hydrogen) atoms. The van der Waals surface area contributed by atoms with Crippen molar-refractivity contribution in [2.75, 3.05) is 11.8 Å². The first kappa shape index (κ1) is 20.5. The monoisotopic (exact) mass is 409 g/mol. The third kappa shape index (κ3) is 4.63. The Balaban J connectivity index is 1.77. The number of nitrogens with zero attached hydrogens (tertiary/aromatic N) is 2. The SMILES string of the molecule is Cc1ccccc1NS(=O)(=O)c1ccc(C(=O)N(C)C(C)c2ccncc2)cc1. The van der Waals surface area contributed by atoms with Gasteiger partial charge in [0.2, 0.25) is 0 Å². The van der Waals surface area contributed by atoms with Gasteiger partial charge < -0.3 is 4.90 Å². The van der Waals surface area contributed by atoms with E-state index < -0.39 is 10.0 Å². The highest BCUT2D eigenvalue weighted by atomic mass is 32.2. The second-order valence-electron chi connectivity index (χ2n) is 6.82. The minimum atomic E-state index is -3.74. The standard InChI is InChI=1S/C22H23N3O3S/c1-16-6-4-5-7-21(16)24-29(27,28)20-10-8-19(9-11-20)22(26)25(3)17(2)18-12-14-23-15-13-18/h4-15,17,24H,1-3H3. The van der Waals surface area contributed by atoms with Gasteiger partial charge in [-0.15, -0.1) is 0 Å². The van der Waals surface area contributed by atoms with Crippen molar-refractivity contribution >= 4 is 21.6 Å². The van der Waals surface area contributed by atoms with Gasteiger partial charge in [0.05, 0.1) is 16.6 Å². The lowest BCUT2D eigenvalue weighted by Crippen LogP contribution is -2.29. The van der Waals surface area contributed by atoms with E-state index in [0.29, 0.717) is 11.3 Å². The van der Waals surface area contributed by atoms with Crippen LogP contribution in [0.1, 0.15) is 34.5 Å². The van der Waals surface area contributed by atoms with Gasteiger partial charge in [-0.05, 0) is 67.4 Å². The Hall–Kier alpha value is -3.19. The van der Waals surface area contributed by atoms with E-state index >= 15 is 0 Å². The Morgan fingerprint density at radius 1 is 1.00 bits per heavy atom. The number of anilines is 1. The molecule has 1 unspecified atom stereocenters. The molecule has 1 atom stereocenters. The Morgan fingerprint density at radius 3 is 2.24 bits per heavy atom. The Morgan fingerprint density at radius 2 is 1.62 bits per heavy atom. The summed E-state index contributed by atoms with van der Waals surface area (Å²) in [5.74, 6) is -0.190. The molecule has 0 bridgehead atoms. The summed E-state index contributed by atoms with van der Waals surface area (Å²) < 4.78 is 27.9. The summed E-state index contributed by atoms with van der Waals surface area (Å²) in [5, 5.41) is 0. The molecule has 2 aromatic carbocycles. The van der Waals surface area contributed by atoms with Crippen LogP contribution in [0.15, 0.2) is 78.0 Å². The van der Waals surface area contributed by atoms with Crippen LogP contribution in [-0.2, 0) is 10.0 Å².